The van der Waals surface area contributed by atoms with Gasteiger partial charge in [0.25, 0.3) is 0 Å². The minimum Gasteiger partial charge on any atom is -0.393 e. The second-order valence-electron chi connectivity index (χ2n) is 4.17. The first-order valence-electron chi connectivity index (χ1n) is 5.30. The van der Waals surface area contributed by atoms with Crippen LogP contribution in [0.1, 0.15) is 24.5 Å². The molecule has 0 spiro atoms. The van der Waals surface area contributed by atoms with E-state index < -0.39 is 0 Å². The molecule has 0 bridgehead atoms. The molecule has 0 saturated carbocycles. The molecule has 0 amide bonds. The van der Waals surface area contributed by atoms with Gasteiger partial charge in [-0.15, -0.1) is 24.3 Å². The van der Waals surface area contributed by atoms with Gasteiger partial charge in [-0.1, -0.05) is 31.2 Å². The SMILES string of the molecule is C=C1NC(c2ccc(C)cc2)=[C-]CC1C.[Y]. The van der Waals surface area contributed by atoms with E-state index in [0.717, 1.165) is 17.8 Å². The predicted molar refractivity (Wildman–Crippen MR) is 63.9 cm³/mol. The predicted octanol–water partition coefficient (Wildman–Crippen LogP) is 3.28. The fourth-order valence-electron chi connectivity index (χ4n) is 1.60. The molecule has 1 unspecified atom stereocenters. The van der Waals surface area contributed by atoms with Gasteiger partial charge in [-0.05, 0) is 12.8 Å². The number of aryl methyl sites for hydroxylation is 1. The number of hydrogen-bond donors (Lipinski definition) is 1. The quantitative estimate of drug-likeness (QED) is 0.782. The second kappa shape index (κ2) is 5.79. The van der Waals surface area contributed by atoms with E-state index in [1.807, 2.05) is 0 Å². The average molecular weight is 287 g/mol. The topological polar surface area (TPSA) is 12.0 Å². The Bertz CT molecular complexity index is 403. The first-order valence-corrected chi connectivity index (χ1v) is 5.30. The molecule has 1 aliphatic heterocycles. The van der Waals surface area contributed by atoms with Crippen LogP contribution in [0.15, 0.2) is 36.5 Å². The standard InChI is InChI=1S/C14H16N.Y/c1-10-4-7-13(8-5-10)14-9-6-11(2)12(3)15-14;/h4-5,7-8,11,15H,3,6H2,1-2H3;/q-1;. The second-order valence-corrected chi connectivity index (χ2v) is 4.17. The van der Waals surface area contributed by atoms with Gasteiger partial charge in [-0.2, -0.15) is 5.56 Å². The third-order valence-corrected chi connectivity index (χ3v) is 2.81. The third-order valence-electron chi connectivity index (χ3n) is 2.81. The van der Waals surface area contributed by atoms with Crippen molar-refractivity contribution in [1.82, 2.24) is 5.32 Å². The van der Waals surface area contributed by atoms with Crippen LogP contribution in [0.4, 0.5) is 0 Å². The molecule has 81 valence electrons. The molecule has 0 saturated heterocycles. The van der Waals surface area contributed by atoms with Crippen molar-refractivity contribution < 1.29 is 32.7 Å². The van der Waals surface area contributed by atoms with E-state index in [9.17, 15) is 0 Å². The molecule has 2 heteroatoms. The zero-order chi connectivity index (χ0) is 10.8. The van der Waals surface area contributed by atoms with E-state index in [0.29, 0.717) is 5.92 Å². The summed E-state index contributed by atoms with van der Waals surface area (Å²) in [4.78, 5) is 0. The molecular weight excluding hydrogens is 271 g/mol. The minimum atomic E-state index is 0. The Hall–Kier alpha value is -0.396. The molecule has 1 aromatic rings. The molecule has 0 fully saturated rings. The number of rotatable bonds is 1. The van der Waals surface area contributed by atoms with Gasteiger partial charge in [0.1, 0.15) is 0 Å². The largest absolute Gasteiger partial charge is 0.393 e. The maximum absolute atomic E-state index is 4.02. The van der Waals surface area contributed by atoms with E-state index in [-0.39, 0.29) is 32.7 Å². The molecule has 16 heavy (non-hydrogen) atoms. The van der Waals surface area contributed by atoms with Gasteiger partial charge in [-0.25, -0.2) is 6.08 Å². The summed E-state index contributed by atoms with van der Waals surface area (Å²) in [5, 5.41) is 3.31. The molecular formula is C14H16NY-. The molecule has 0 aromatic heterocycles. The number of hydrogen-bond acceptors (Lipinski definition) is 1. The molecule has 2 rings (SSSR count). The molecule has 1 atom stereocenters. The maximum atomic E-state index is 4.02. The smallest absolute Gasteiger partial charge is 0.00678 e. The molecule has 1 N–H and O–H groups in total. The van der Waals surface area contributed by atoms with E-state index >= 15 is 0 Å². The van der Waals surface area contributed by atoms with Crippen molar-refractivity contribution in [2.75, 3.05) is 0 Å². The van der Waals surface area contributed by atoms with Crippen molar-refractivity contribution in [3.05, 3.63) is 53.7 Å². The molecule has 1 nitrogen and oxygen atoms in total. The van der Waals surface area contributed by atoms with E-state index in [2.05, 4.69) is 56.1 Å². The summed E-state index contributed by atoms with van der Waals surface area (Å²) in [6.07, 6.45) is 4.33. The third kappa shape index (κ3) is 3.05. The van der Waals surface area contributed by atoms with E-state index in [1.165, 1.54) is 11.1 Å². The zero-order valence-corrected chi connectivity index (χ0v) is 12.7. The van der Waals surface area contributed by atoms with Gasteiger partial charge in [0.15, 0.2) is 0 Å². The van der Waals surface area contributed by atoms with Crippen LogP contribution in [0.3, 0.4) is 0 Å². The van der Waals surface area contributed by atoms with Gasteiger partial charge < -0.3 is 5.32 Å². The van der Waals surface area contributed by atoms with Gasteiger partial charge in [0.05, 0.1) is 0 Å². The van der Waals surface area contributed by atoms with Crippen LogP contribution in [-0.2, 0) is 32.7 Å². The molecule has 1 aromatic carbocycles. The Labute approximate surface area is 123 Å². The maximum Gasteiger partial charge on any atom is 0.00678 e. The minimum absolute atomic E-state index is 0. The first kappa shape index (κ1) is 13.7. The van der Waals surface area contributed by atoms with Gasteiger partial charge >= 0.3 is 0 Å². The normalized spacial score (nSPS) is 19.5. The van der Waals surface area contributed by atoms with E-state index in [1.54, 1.807) is 0 Å². The zero-order valence-electron chi connectivity index (χ0n) is 9.88. The van der Waals surface area contributed by atoms with Gasteiger partial charge in [0, 0.05) is 38.4 Å². The van der Waals surface area contributed by atoms with E-state index in [4.69, 9.17) is 0 Å². The Morgan fingerprint density at radius 3 is 2.50 bits per heavy atom. The van der Waals surface area contributed by atoms with Gasteiger partial charge in [0.2, 0.25) is 0 Å². The Kier molecular flexibility index (Phi) is 4.95. The monoisotopic (exact) mass is 287 g/mol. The number of benzene rings is 1. The van der Waals surface area contributed by atoms with Crippen molar-refractivity contribution in [2.24, 2.45) is 5.92 Å². The molecule has 1 radical (unpaired) electrons. The van der Waals surface area contributed by atoms with Crippen LogP contribution >= 0.6 is 0 Å². The van der Waals surface area contributed by atoms with Crippen LogP contribution in [-0.4, -0.2) is 0 Å². The molecule has 0 aliphatic carbocycles. The van der Waals surface area contributed by atoms with Crippen molar-refractivity contribution >= 4 is 5.70 Å². The summed E-state index contributed by atoms with van der Waals surface area (Å²) in [6.45, 7) is 8.27. The fourth-order valence-corrected chi connectivity index (χ4v) is 1.60. The summed E-state index contributed by atoms with van der Waals surface area (Å²) in [6, 6.07) is 8.47. The molecule has 1 aliphatic rings. The Balaban J connectivity index is 0.00000128. The number of nitrogens with one attached hydrogen (secondary N) is 1. The molecule has 1 heterocycles. The van der Waals surface area contributed by atoms with Crippen LogP contribution in [0.2, 0.25) is 0 Å². The summed E-state index contributed by atoms with van der Waals surface area (Å²) in [7, 11) is 0. The van der Waals surface area contributed by atoms with Crippen molar-refractivity contribution in [1.29, 1.82) is 0 Å². The fraction of sp³-hybridized carbons (Fsp3) is 0.286. The Morgan fingerprint density at radius 2 is 1.94 bits per heavy atom. The summed E-state index contributed by atoms with van der Waals surface area (Å²) >= 11 is 0. The number of allylic oxidation sites excluding steroid dienone is 2. The first-order chi connectivity index (χ1) is 7.16. The summed E-state index contributed by atoms with van der Waals surface area (Å²) in [5.74, 6) is 0.485. The van der Waals surface area contributed by atoms with Crippen LogP contribution < -0.4 is 5.32 Å². The Morgan fingerprint density at radius 1 is 1.31 bits per heavy atom. The van der Waals surface area contributed by atoms with Crippen LogP contribution in [0.25, 0.3) is 5.70 Å². The van der Waals surface area contributed by atoms with Crippen LogP contribution in [0, 0.1) is 18.9 Å². The summed E-state index contributed by atoms with van der Waals surface area (Å²) < 4.78 is 0. The van der Waals surface area contributed by atoms with Gasteiger partial charge in [-0.3, -0.25) is 0 Å². The van der Waals surface area contributed by atoms with Crippen molar-refractivity contribution in [2.45, 2.75) is 20.3 Å². The van der Waals surface area contributed by atoms with Crippen molar-refractivity contribution in [3.8, 4) is 0 Å². The average Bonchev–Trinajstić information content (AvgIpc) is 2.23. The van der Waals surface area contributed by atoms with Crippen LogP contribution in [0.5, 0.6) is 0 Å². The van der Waals surface area contributed by atoms with Crippen molar-refractivity contribution in [3.63, 3.8) is 0 Å². The summed E-state index contributed by atoms with van der Waals surface area (Å²) in [5.41, 5.74) is 4.62.